The standard InChI is InChI=1S/C8H4BrFO3/c9-4-1-2-6(10)5(3-4)7(11)8(12)13/h1-3H,(H,12,13). The van der Waals surface area contributed by atoms with Gasteiger partial charge in [-0.3, -0.25) is 4.79 Å². The second kappa shape index (κ2) is 3.66. The number of halogens is 2. The molecule has 1 aromatic rings. The Labute approximate surface area is 81.3 Å². The number of carbonyl (C=O) groups is 2. The first-order valence-corrected chi connectivity index (χ1v) is 4.04. The summed E-state index contributed by atoms with van der Waals surface area (Å²) in [7, 11) is 0. The van der Waals surface area contributed by atoms with E-state index < -0.39 is 23.1 Å². The van der Waals surface area contributed by atoms with E-state index in [0.717, 1.165) is 12.1 Å². The highest BCUT2D eigenvalue weighted by Crippen LogP contribution is 2.15. The first-order valence-electron chi connectivity index (χ1n) is 3.25. The highest BCUT2D eigenvalue weighted by Gasteiger charge is 2.18. The second-order valence-electron chi connectivity index (χ2n) is 2.26. The summed E-state index contributed by atoms with van der Waals surface area (Å²) in [5.74, 6) is -3.76. The van der Waals surface area contributed by atoms with Crippen molar-refractivity contribution >= 4 is 27.7 Å². The molecule has 0 bridgehead atoms. The van der Waals surface area contributed by atoms with Crippen LogP contribution in [0.15, 0.2) is 22.7 Å². The van der Waals surface area contributed by atoms with Crippen molar-refractivity contribution in [1.29, 1.82) is 0 Å². The number of benzene rings is 1. The quantitative estimate of drug-likeness (QED) is 0.640. The van der Waals surface area contributed by atoms with Crippen LogP contribution in [0.5, 0.6) is 0 Å². The SMILES string of the molecule is O=C(O)C(=O)c1cc(Br)ccc1F. The lowest BCUT2D eigenvalue weighted by Gasteiger charge is -1.98. The van der Waals surface area contributed by atoms with Gasteiger partial charge in [0.05, 0.1) is 5.56 Å². The number of aliphatic carboxylic acids is 1. The molecule has 0 aliphatic carbocycles. The Morgan fingerprint density at radius 2 is 2.00 bits per heavy atom. The predicted molar refractivity (Wildman–Crippen MR) is 46.1 cm³/mol. The average Bonchev–Trinajstić information content (AvgIpc) is 2.08. The third-order valence-electron chi connectivity index (χ3n) is 1.37. The maximum absolute atomic E-state index is 12.9. The Hall–Kier alpha value is -1.23. The van der Waals surface area contributed by atoms with Crippen molar-refractivity contribution in [1.82, 2.24) is 0 Å². The molecule has 0 heterocycles. The molecule has 1 rings (SSSR count). The van der Waals surface area contributed by atoms with E-state index in [-0.39, 0.29) is 0 Å². The topological polar surface area (TPSA) is 54.4 Å². The van der Waals surface area contributed by atoms with E-state index >= 15 is 0 Å². The first-order chi connectivity index (χ1) is 6.02. The highest BCUT2D eigenvalue weighted by molar-refractivity contribution is 9.10. The lowest BCUT2D eigenvalue weighted by atomic mass is 10.1. The molecule has 0 aromatic heterocycles. The van der Waals surface area contributed by atoms with Crippen LogP contribution in [0.3, 0.4) is 0 Å². The molecule has 5 heteroatoms. The third-order valence-corrected chi connectivity index (χ3v) is 1.86. The van der Waals surface area contributed by atoms with Crippen LogP contribution in [-0.4, -0.2) is 16.9 Å². The van der Waals surface area contributed by atoms with Gasteiger partial charge in [0.15, 0.2) is 0 Å². The van der Waals surface area contributed by atoms with E-state index in [2.05, 4.69) is 15.9 Å². The molecule has 0 aliphatic heterocycles. The van der Waals surface area contributed by atoms with E-state index in [9.17, 15) is 14.0 Å². The molecule has 0 saturated carbocycles. The lowest BCUT2D eigenvalue weighted by molar-refractivity contribution is -0.131. The van der Waals surface area contributed by atoms with Crippen molar-refractivity contribution in [3.8, 4) is 0 Å². The molecule has 0 spiro atoms. The number of Topliss-reactive ketones (excluding diaryl/α,β-unsaturated/α-hetero) is 1. The van der Waals surface area contributed by atoms with Gasteiger partial charge in [-0.15, -0.1) is 0 Å². The number of carboxylic acid groups (broad SMARTS) is 1. The highest BCUT2D eigenvalue weighted by atomic mass is 79.9. The van der Waals surface area contributed by atoms with Crippen molar-refractivity contribution in [3.63, 3.8) is 0 Å². The summed E-state index contributed by atoms with van der Waals surface area (Å²) in [6.45, 7) is 0. The minimum atomic E-state index is -1.67. The molecular weight excluding hydrogens is 243 g/mol. The van der Waals surface area contributed by atoms with Gasteiger partial charge in [0.25, 0.3) is 5.78 Å². The maximum atomic E-state index is 12.9. The zero-order valence-electron chi connectivity index (χ0n) is 6.25. The fourth-order valence-electron chi connectivity index (χ4n) is 0.787. The Balaban J connectivity index is 3.21. The largest absolute Gasteiger partial charge is 0.475 e. The van der Waals surface area contributed by atoms with Crippen LogP contribution in [0.1, 0.15) is 10.4 Å². The van der Waals surface area contributed by atoms with Crippen LogP contribution in [-0.2, 0) is 4.79 Å². The van der Waals surface area contributed by atoms with Crippen LogP contribution in [0.4, 0.5) is 4.39 Å². The molecule has 3 nitrogen and oxygen atoms in total. The Morgan fingerprint density at radius 1 is 1.38 bits per heavy atom. The summed E-state index contributed by atoms with van der Waals surface area (Å²) in [4.78, 5) is 21.1. The zero-order valence-corrected chi connectivity index (χ0v) is 7.84. The van der Waals surface area contributed by atoms with Crippen LogP contribution in [0, 0.1) is 5.82 Å². The number of hydrogen-bond donors (Lipinski definition) is 1. The lowest BCUT2D eigenvalue weighted by Crippen LogP contribution is -2.14. The van der Waals surface area contributed by atoms with E-state index in [4.69, 9.17) is 5.11 Å². The van der Waals surface area contributed by atoms with Gasteiger partial charge in [0, 0.05) is 4.47 Å². The molecule has 13 heavy (non-hydrogen) atoms. The summed E-state index contributed by atoms with van der Waals surface area (Å²) in [5, 5.41) is 8.32. The van der Waals surface area contributed by atoms with Gasteiger partial charge < -0.3 is 5.11 Å². The smallest absolute Gasteiger partial charge is 0.377 e. The number of carboxylic acids is 1. The number of ketones is 1. The van der Waals surface area contributed by atoms with Gasteiger partial charge in [0.2, 0.25) is 0 Å². The van der Waals surface area contributed by atoms with E-state index in [1.165, 1.54) is 6.07 Å². The van der Waals surface area contributed by atoms with Crippen molar-refractivity contribution in [2.45, 2.75) is 0 Å². The van der Waals surface area contributed by atoms with Gasteiger partial charge in [0.1, 0.15) is 5.82 Å². The van der Waals surface area contributed by atoms with Crippen molar-refractivity contribution < 1.29 is 19.1 Å². The second-order valence-corrected chi connectivity index (χ2v) is 3.17. The molecule has 1 aromatic carbocycles. The Bertz CT molecular complexity index is 376. The van der Waals surface area contributed by atoms with Gasteiger partial charge in [-0.1, -0.05) is 15.9 Å². The monoisotopic (exact) mass is 246 g/mol. The van der Waals surface area contributed by atoms with Crippen molar-refractivity contribution in [2.75, 3.05) is 0 Å². The van der Waals surface area contributed by atoms with E-state index in [1.807, 2.05) is 0 Å². The molecule has 0 amide bonds. The molecule has 68 valence electrons. The van der Waals surface area contributed by atoms with Crippen LogP contribution < -0.4 is 0 Å². The van der Waals surface area contributed by atoms with Crippen LogP contribution >= 0.6 is 15.9 Å². The minimum absolute atomic E-state index is 0.443. The summed E-state index contributed by atoms with van der Waals surface area (Å²) in [5.41, 5.74) is -0.443. The van der Waals surface area contributed by atoms with Crippen molar-refractivity contribution in [2.24, 2.45) is 0 Å². The average molecular weight is 247 g/mol. The fourth-order valence-corrected chi connectivity index (χ4v) is 1.15. The van der Waals surface area contributed by atoms with Gasteiger partial charge in [-0.05, 0) is 18.2 Å². The maximum Gasteiger partial charge on any atom is 0.377 e. The van der Waals surface area contributed by atoms with Gasteiger partial charge in [-0.25, -0.2) is 9.18 Å². The third kappa shape index (κ3) is 2.12. The summed E-state index contributed by atoms with van der Waals surface area (Å²) in [6, 6.07) is 3.54. The van der Waals surface area contributed by atoms with E-state index in [1.54, 1.807) is 0 Å². The molecule has 0 atom stereocenters. The van der Waals surface area contributed by atoms with Crippen molar-refractivity contribution in [3.05, 3.63) is 34.1 Å². The molecule has 0 radical (unpaired) electrons. The molecule has 0 unspecified atom stereocenters. The predicted octanol–water partition coefficient (Wildman–Crippen LogP) is 1.86. The summed E-state index contributed by atoms with van der Waals surface area (Å²) < 4.78 is 13.3. The normalized spacial score (nSPS) is 9.69. The number of hydrogen-bond acceptors (Lipinski definition) is 2. The summed E-state index contributed by atoms with van der Waals surface area (Å²) >= 11 is 3.00. The van der Waals surface area contributed by atoms with Crippen LogP contribution in [0.25, 0.3) is 0 Å². The Morgan fingerprint density at radius 3 is 2.54 bits per heavy atom. The Kier molecular flexibility index (Phi) is 2.77. The molecule has 1 N–H and O–H groups in total. The zero-order chi connectivity index (χ0) is 10.0. The fraction of sp³-hybridized carbons (Fsp3) is 0. The van der Waals surface area contributed by atoms with Gasteiger partial charge >= 0.3 is 5.97 Å². The summed E-state index contributed by atoms with van der Waals surface area (Å²) in [6.07, 6.45) is 0. The van der Waals surface area contributed by atoms with Gasteiger partial charge in [-0.2, -0.15) is 0 Å². The van der Waals surface area contributed by atoms with E-state index in [0.29, 0.717) is 4.47 Å². The first kappa shape index (κ1) is 9.85. The molecule has 0 saturated heterocycles. The molecule has 0 fully saturated rings. The number of rotatable bonds is 2. The molecule has 0 aliphatic rings. The molecular formula is C8H4BrFO3. The number of carbonyl (C=O) groups excluding carboxylic acids is 1. The minimum Gasteiger partial charge on any atom is -0.475 e. The van der Waals surface area contributed by atoms with Crippen LogP contribution in [0.2, 0.25) is 0 Å².